The first-order chi connectivity index (χ1) is 8.34. The lowest BCUT2D eigenvalue weighted by Crippen LogP contribution is -2.50. The Balaban J connectivity index is 2.50. The van der Waals surface area contributed by atoms with Gasteiger partial charge in [0.1, 0.15) is 5.75 Å². The first kappa shape index (κ1) is 14.8. The van der Waals surface area contributed by atoms with Gasteiger partial charge in [-0.2, -0.15) is 0 Å². The molecule has 18 heavy (non-hydrogen) atoms. The first-order valence-electron chi connectivity index (χ1n) is 5.74. The fourth-order valence-corrected chi connectivity index (χ4v) is 1.44. The van der Waals surface area contributed by atoms with Gasteiger partial charge in [0.15, 0.2) is 6.61 Å². The summed E-state index contributed by atoms with van der Waals surface area (Å²) in [5.41, 5.74) is 6.02. The van der Waals surface area contributed by atoms with Crippen LogP contribution in [-0.2, 0) is 4.79 Å². The minimum atomic E-state index is -0.420. The van der Waals surface area contributed by atoms with Crippen molar-refractivity contribution in [1.29, 1.82) is 0 Å². The van der Waals surface area contributed by atoms with E-state index in [1.54, 1.807) is 18.2 Å². The van der Waals surface area contributed by atoms with Crippen LogP contribution in [0, 0.1) is 6.92 Å². The van der Waals surface area contributed by atoms with E-state index >= 15 is 0 Å². The number of benzene rings is 1. The summed E-state index contributed by atoms with van der Waals surface area (Å²) in [7, 11) is 0. The number of hydrogen-bond donors (Lipinski definition) is 2. The second kappa shape index (κ2) is 6.07. The molecule has 3 N–H and O–H groups in total. The van der Waals surface area contributed by atoms with Gasteiger partial charge in [0.05, 0.1) is 0 Å². The lowest BCUT2D eigenvalue weighted by molar-refractivity contribution is -0.124. The van der Waals surface area contributed by atoms with E-state index in [0.29, 0.717) is 17.3 Å². The maximum atomic E-state index is 11.6. The van der Waals surface area contributed by atoms with Crippen LogP contribution >= 0.6 is 11.6 Å². The summed E-state index contributed by atoms with van der Waals surface area (Å²) >= 11 is 5.90. The number of halogens is 1. The van der Waals surface area contributed by atoms with Crippen LogP contribution in [0.15, 0.2) is 18.2 Å². The number of hydrogen-bond acceptors (Lipinski definition) is 3. The van der Waals surface area contributed by atoms with Gasteiger partial charge >= 0.3 is 0 Å². The van der Waals surface area contributed by atoms with Crippen molar-refractivity contribution >= 4 is 17.5 Å². The molecule has 1 aromatic rings. The zero-order chi connectivity index (χ0) is 13.8. The summed E-state index contributed by atoms with van der Waals surface area (Å²) in [6.07, 6.45) is 0. The average molecular weight is 271 g/mol. The number of aryl methyl sites for hydroxylation is 1. The molecule has 0 saturated carbocycles. The quantitative estimate of drug-likeness (QED) is 0.859. The Morgan fingerprint density at radius 3 is 2.72 bits per heavy atom. The maximum Gasteiger partial charge on any atom is 0.258 e. The normalized spacial score (nSPS) is 11.2. The molecule has 0 radical (unpaired) electrons. The van der Waals surface area contributed by atoms with Crippen molar-refractivity contribution in [2.24, 2.45) is 5.73 Å². The van der Waals surface area contributed by atoms with Gasteiger partial charge < -0.3 is 15.8 Å². The predicted molar refractivity (Wildman–Crippen MR) is 73.0 cm³/mol. The van der Waals surface area contributed by atoms with Gasteiger partial charge in [0.25, 0.3) is 5.91 Å². The Kier molecular flexibility index (Phi) is 4.99. The Labute approximate surface area is 112 Å². The number of carbonyl (C=O) groups excluding carboxylic acids is 1. The van der Waals surface area contributed by atoms with E-state index in [1.165, 1.54) is 0 Å². The van der Waals surface area contributed by atoms with Crippen LogP contribution in [0.5, 0.6) is 5.75 Å². The molecule has 0 fully saturated rings. The molecule has 0 saturated heterocycles. The van der Waals surface area contributed by atoms with E-state index in [-0.39, 0.29) is 12.5 Å². The molecule has 0 heterocycles. The monoisotopic (exact) mass is 270 g/mol. The number of nitrogens with one attached hydrogen (secondary N) is 1. The van der Waals surface area contributed by atoms with Gasteiger partial charge in [0.2, 0.25) is 0 Å². The van der Waals surface area contributed by atoms with Gasteiger partial charge in [0, 0.05) is 17.1 Å². The molecule has 0 atom stereocenters. The SMILES string of the molecule is Cc1cc(OCC(=O)NC(C)(C)CN)ccc1Cl. The first-order valence-corrected chi connectivity index (χ1v) is 6.12. The molecule has 100 valence electrons. The van der Waals surface area contributed by atoms with Crippen molar-refractivity contribution in [2.45, 2.75) is 26.3 Å². The molecular formula is C13H19ClN2O2. The van der Waals surface area contributed by atoms with Crippen LogP contribution in [0.4, 0.5) is 0 Å². The highest BCUT2D eigenvalue weighted by molar-refractivity contribution is 6.31. The van der Waals surface area contributed by atoms with Crippen LogP contribution in [0.3, 0.4) is 0 Å². The lowest BCUT2D eigenvalue weighted by atomic mass is 10.1. The lowest BCUT2D eigenvalue weighted by Gasteiger charge is -2.24. The molecule has 0 aromatic heterocycles. The van der Waals surface area contributed by atoms with Crippen LogP contribution in [0.1, 0.15) is 19.4 Å². The van der Waals surface area contributed by atoms with Crippen LogP contribution < -0.4 is 15.8 Å². The van der Waals surface area contributed by atoms with E-state index in [1.807, 2.05) is 20.8 Å². The molecule has 1 rings (SSSR count). The fraction of sp³-hybridized carbons (Fsp3) is 0.462. The van der Waals surface area contributed by atoms with E-state index in [4.69, 9.17) is 22.1 Å². The third-order valence-corrected chi connectivity index (χ3v) is 2.91. The van der Waals surface area contributed by atoms with E-state index < -0.39 is 5.54 Å². The zero-order valence-electron chi connectivity index (χ0n) is 10.9. The van der Waals surface area contributed by atoms with Crippen LogP contribution in [0.25, 0.3) is 0 Å². The maximum absolute atomic E-state index is 11.6. The minimum Gasteiger partial charge on any atom is -0.484 e. The summed E-state index contributed by atoms with van der Waals surface area (Å²) in [5.74, 6) is 0.427. The summed E-state index contributed by atoms with van der Waals surface area (Å²) in [4.78, 5) is 11.6. The van der Waals surface area contributed by atoms with Gasteiger partial charge in [-0.15, -0.1) is 0 Å². The molecule has 1 amide bonds. The standard InChI is InChI=1S/C13H19ClN2O2/c1-9-6-10(4-5-11(9)14)18-7-12(17)16-13(2,3)8-15/h4-6H,7-8,15H2,1-3H3,(H,16,17). The van der Waals surface area contributed by atoms with Crippen LogP contribution in [-0.4, -0.2) is 24.6 Å². The molecule has 0 bridgehead atoms. The number of rotatable bonds is 5. The molecule has 0 unspecified atom stereocenters. The van der Waals surface area contributed by atoms with Crippen molar-refractivity contribution in [3.05, 3.63) is 28.8 Å². The van der Waals surface area contributed by atoms with Crippen molar-refractivity contribution in [3.63, 3.8) is 0 Å². The molecule has 1 aromatic carbocycles. The van der Waals surface area contributed by atoms with Gasteiger partial charge in [-0.3, -0.25) is 4.79 Å². The molecule has 0 aliphatic heterocycles. The van der Waals surface area contributed by atoms with Crippen LogP contribution in [0.2, 0.25) is 5.02 Å². The number of nitrogens with two attached hydrogens (primary N) is 1. The number of ether oxygens (including phenoxy) is 1. The minimum absolute atomic E-state index is 0.0372. The molecular weight excluding hydrogens is 252 g/mol. The highest BCUT2D eigenvalue weighted by Crippen LogP contribution is 2.20. The predicted octanol–water partition coefficient (Wildman–Crippen LogP) is 1.88. The summed E-state index contributed by atoms with van der Waals surface area (Å²) in [6, 6.07) is 5.27. The average Bonchev–Trinajstić information content (AvgIpc) is 2.30. The zero-order valence-corrected chi connectivity index (χ0v) is 11.7. The topological polar surface area (TPSA) is 64.3 Å². The van der Waals surface area contributed by atoms with Crippen molar-refractivity contribution in [1.82, 2.24) is 5.32 Å². The second-order valence-electron chi connectivity index (χ2n) is 4.84. The van der Waals surface area contributed by atoms with E-state index in [2.05, 4.69) is 5.32 Å². The van der Waals surface area contributed by atoms with E-state index in [0.717, 1.165) is 5.56 Å². The van der Waals surface area contributed by atoms with Crippen molar-refractivity contribution < 1.29 is 9.53 Å². The molecule has 4 nitrogen and oxygen atoms in total. The summed E-state index contributed by atoms with van der Waals surface area (Å²) in [5, 5.41) is 3.46. The Morgan fingerprint density at radius 1 is 1.50 bits per heavy atom. The number of carbonyl (C=O) groups is 1. The third-order valence-electron chi connectivity index (χ3n) is 2.49. The van der Waals surface area contributed by atoms with E-state index in [9.17, 15) is 4.79 Å². The fourth-order valence-electron chi connectivity index (χ4n) is 1.32. The Morgan fingerprint density at radius 2 is 2.17 bits per heavy atom. The smallest absolute Gasteiger partial charge is 0.258 e. The van der Waals surface area contributed by atoms with Gasteiger partial charge in [-0.05, 0) is 44.5 Å². The second-order valence-corrected chi connectivity index (χ2v) is 5.24. The Hall–Kier alpha value is -1.26. The Bertz CT molecular complexity index is 433. The van der Waals surface area contributed by atoms with Crippen molar-refractivity contribution in [3.8, 4) is 5.75 Å². The largest absolute Gasteiger partial charge is 0.484 e. The van der Waals surface area contributed by atoms with Gasteiger partial charge in [-0.1, -0.05) is 11.6 Å². The molecule has 5 heteroatoms. The molecule has 0 spiro atoms. The molecule has 0 aliphatic carbocycles. The summed E-state index contributed by atoms with van der Waals surface area (Å²) < 4.78 is 5.38. The number of amides is 1. The highest BCUT2D eigenvalue weighted by Gasteiger charge is 2.18. The highest BCUT2D eigenvalue weighted by atomic mass is 35.5. The summed E-state index contributed by atoms with van der Waals surface area (Å²) in [6.45, 7) is 5.94. The van der Waals surface area contributed by atoms with Crippen molar-refractivity contribution in [2.75, 3.05) is 13.2 Å². The molecule has 0 aliphatic rings. The van der Waals surface area contributed by atoms with Gasteiger partial charge in [-0.25, -0.2) is 0 Å². The third kappa shape index (κ3) is 4.55.